The highest BCUT2D eigenvalue weighted by Gasteiger charge is 2.39. The summed E-state index contributed by atoms with van der Waals surface area (Å²) in [7, 11) is 0. The maximum atomic E-state index is 12.7. The van der Waals surface area contributed by atoms with Crippen molar-refractivity contribution in [2.45, 2.75) is 12.1 Å². The molecule has 0 bridgehead atoms. The van der Waals surface area contributed by atoms with Crippen LogP contribution in [0.1, 0.15) is 10.4 Å². The molecule has 2 atom stereocenters. The molecule has 1 N–H and O–H groups in total. The quantitative estimate of drug-likeness (QED) is 0.693. The number of aliphatic hydroxyl groups is 1. The third kappa shape index (κ3) is 3.64. The molecule has 0 saturated carbocycles. The number of nitrogens with zero attached hydrogens (tertiary/aromatic N) is 4. The fraction of sp³-hybridized carbons (Fsp3) is 0.364. The van der Waals surface area contributed by atoms with E-state index in [1.165, 1.54) is 0 Å². The molecule has 2 aromatic carbocycles. The molecular weight excluding hydrogens is 404 g/mol. The van der Waals surface area contributed by atoms with Crippen LogP contribution in [0.25, 0.3) is 11.1 Å². The number of amides is 1. The summed E-state index contributed by atoms with van der Waals surface area (Å²) in [5, 5.41) is 11.3. The number of carbonyl (C=O) groups excluding carboxylic acids is 1. The van der Waals surface area contributed by atoms with Gasteiger partial charge in [0.1, 0.15) is 5.52 Å². The fourth-order valence-corrected chi connectivity index (χ4v) is 4.44. The highest BCUT2D eigenvalue weighted by Crippen LogP contribution is 2.27. The van der Waals surface area contributed by atoms with Crippen LogP contribution in [0.4, 0.5) is 6.01 Å². The molecule has 5 rings (SSSR count). The summed E-state index contributed by atoms with van der Waals surface area (Å²) in [5.74, 6) is 0.0198. The summed E-state index contributed by atoms with van der Waals surface area (Å²) in [6.07, 6.45) is -0.487. The molecule has 1 aromatic heterocycles. The average molecular weight is 427 g/mol. The number of aliphatic hydroxyl groups excluding tert-OH is 1. The number of piperazine rings is 1. The van der Waals surface area contributed by atoms with Crippen LogP contribution >= 0.6 is 11.6 Å². The van der Waals surface area contributed by atoms with Gasteiger partial charge in [-0.15, -0.1) is 0 Å². The van der Waals surface area contributed by atoms with Crippen molar-refractivity contribution in [2.24, 2.45) is 0 Å². The Hall–Kier alpha value is -2.61. The molecule has 2 aliphatic heterocycles. The minimum absolute atomic E-state index is 0.00667. The van der Waals surface area contributed by atoms with Gasteiger partial charge in [0.25, 0.3) is 11.9 Å². The smallest absolute Gasteiger partial charge is 0.298 e. The van der Waals surface area contributed by atoms with E-state index in [2.05, 4.69) is 9.88 Å². The molecule has 7 nitrogen and oxygen atoms in total. The molecule has 0 radical (unpaired) electrons. The number of rotatable bonds is 3. The van der Waals surface area contributed by atoms with Gasteiger partial charge < -0.3 is 19.3 Å². The Balaban J connectivity index is 1.22. The number of carbonyl (C=O) groups is 1. The zero-order valence-corrected chi connectivity index (χ0v) is 17.2. The van der Waals surface area contributed by atoms with Crippen LogP contribution in [-0.4, -0.2) is 77.2 Å². The van der Waals surface area contributed by atoms with Gasteiger partial charge in [0, 0.05) is 49.9 Å². The van der Waals surface area contributed by atoms with Crippen LogP contribution in [0.2, 0.25) is 5.02 Å². The topological polar surface area (TPSA) is 73.1 Å². The third-order valence-corrected chi connectivity index (χ3v) is 6.23. The fourth-order valence-electron chi connectivity index (χ4n) is 4.31. The van der Waals surface area contributed by atoms with E-state index in [-0.39, 0.29) is 11.9 Å². The Labute approximate surface area is 179 Å². The summed E-state index contributed by atoms with van der Waals surface area (Å²) in [6.45, 7) is 3.85. The zero-order chi connectivity index (χ0) is 20.7. The number of aromatic nitrogens is 1. The Morgan fingerprint density at radius 3 is 2.50 bits per heavy atom. The predicted molar refractivity (Wildman–Crippen MR) is 115 cm³/mol. The number of fused-ring (bicyclic) bond motifs is 1. The zero-order valence-electron chi connectivity index (χ0n) is 16.4. The van der Waals surface area contributed by atoms with Crippen LogP contribution in [0.5, 0.6) is 0 Å². The van der Waals surface area contributed by atoms with Crippen LogP contribution in [0.3, 0.4) is 0 Å². The Kier molecular flexibility index (Phi) is 5.10. The lowest BCUT2D eigenvalue weighted by Gasteiger charge is -2.38. The summed E-state index contributed by atoms with van der Waals surface area (Å²) < 4.78 is 5.86. The molecule has 0 spiro atoms. The SMILES string of the molecule is O=C(c1ccc(Cl)cc1)N1CCN(C2CN(c3nc4ccccc4o3)CC2O)CC1. The minimum Gasteiger partial charge on any atom is -0.423 e. The highest BCUT2D eigenvalue weighted by atomic mass is 35.5. The first kappa shape index (κ1) is 19.4. The lowest BCUT2D eigenvalue weighted by Crippen LogP contribution is -2.54. The number of benzene rings is 2. The maximum Gasteiger partial charge on any atom is 0.298 e. The number of β-amino-alcohol motifs (C(OH)–C–C–N with tert-alkyl or cyclic N) is 1. The molecule has 3 aromatic rings. The van der Waals surface area contributed by atoms with Crippen molar-refractivity contribution in [1.29, 1.82) is 0 Å². The minimum atomic E-state index is -0.487. The van der Waals surface area contributed by atoms with Gasteiger partial charge in [0.15, 0.2) is 5.58 Å². The van der Waals surface area contributed by atoms with E-state index >= 15 is 0 Å². The molecule has 8 heteroatoms. The molecule has 30 heavy (non-hydrogen) atoms. The summed E-state index contributed by atoms with van der Waals surface area (Å²) in [6, 6.07) is 15.2. The first-order chi connectivity index (χ1) is 14.6. The van der Waals surface area contributed by atoms with Crippen molar-refractivity contribution in [3.8, 4) is 0 Å². The lowest BCUT2D eigenvalue weighted by atomic mass is 10.1. The monoisotopic (exact) mass is 426 g/mol. The lowest BCUT2D eigenvalue weighted by molar-refractivity contribution is 0.0376. The van der Waals surface area contributed by atoms with E-state index in [1.54, 1.807) is 24.3 Å². The van der Waals surface area contributed by atoms with Gasteiger partial charge in [-0.25, -0.2) is 0 Å². The van der Waals surface area contributed by atoms with Crippen LogP contribution in [-0.2, 0) is 0 Å². The molecule has 2 aliphatic rings. The number of anilines is 1. The van der Waals surface area contributed by atoms with Gasteiger partial charge in [-0.3, -0.25) is 9.69 Å². The van der Waals surface area contributed by atoms with Crippen LogP contribution in [0.15, 0.2) is 52.9 Å². The van der Waals surface area contributed by atoms with E-state index in [9.17, 15) is 9.90 Å². The van der Waals surface area contributed by atoms with Gasteiger partial charge in [0.05, 0.1) is 12.1 Å². The summed E-state index contributed by atoms with van der Waals surface area (Å²) in [5.41, 5.74) is 2.22. The molecule has 2 fully saturated rings. The Morgan fingerprint density at radius 1 is 1.03 bits per heavy atom. The molecule has 0 aliphatic carbocycles. The van der Waals surface area contributed by atoms with Gasteiger partial charge in [-0.2, -0.15) is 4.98 Å². The van der Waals surface area contributed by atoms with Crippen molar-refractivity contribution in [2.75, 3.05) is 44.2 Å². The third-order valence-electron chi connectivity index (χ3n) is 5.97. The normalized spacial score (nSPS) is 22.7. The molecular formula is C22H23ClN4O3. The first-order valence-electron chi connectivity index (χ1n) is 10.2. The number of hydrogen-bond donors (Lipinski definition) is 1. The second kappa shape index (κ2) is 7.91. The summed E-state index contributed by atoms with van der Waals surface area (Å²) >= 11 is 5.92. The Bertz CT molecular complexity index is 1010. The van der Waals surface area contributed by atoms with Crippen molar-refractivity contribution in [1.82, 2.24) is 14.8 Å². The van der Waals surface area contributed by atoms with E-state index in [4.69, 9.17) is 16.0 Å². The highest BCUT2D eigenvalue weighted by molar-refractivity contribution is 6.30. The van der Waals surface area contributed by atoms with E-state index < -0.39 is 6.10 Å². The predicted octanol–water partition coefficient (Wildman–Crippen LogP) is 2.49. The van der Waals surface area contributed by atoms with Crippen LogP contribution in [0, 0.1) is 0 Å². The first-order valence-corrected chi connectivity index (χ1v) is 10.5. The molecule has 2 unspecified atom stereocenters. The largest absolute Gasteiger partial charge is 0.423 e. The van der Waals surface area contributed by atoms with Crippen molar-refractivity contribution < 1.29 is 14.3 Å². The standard InChI is InChI=1S/C22H23ClN4O3/c23-16-7-5-15(6-8-16)21(29)26-11-9-25(10-12-26)18-13-27(14-19(18)28)22-24-17-3-1-2-4-20(17)30-22/h1-8,18-19,28H,9-14H2. The summed E-state index contributed by atoms with van der Waals surface area (Å²) in [4.78, 5) is 23.4. The van der Waals surface area contributed by atoms with Crippen molar-refractivity contribution >= 4 is 34.6 Å². The number of oxazole rings is 1. The second-order valence-corrected chi connectivity index (χ2v) is 8.28. The number of hydrogen-bond acceptors (Lipinski definition) is 6. The number of halogens is 1. The van der Waals surface area contributed by atoms with Crippen molar-refractivity contribution in [3.63, 3.8) is 0 Å². The second-order valence-electron chi connectivity index (χ2n) is 7.84. The number of para-hydroxylation sites is 2. The average Bonchev–Trinajstić information content (AvgIpc) is 3.37. The van der Waals surface area contributed by atoms with Gasteiger partial charge >= 0.3 is 0 Å². The van der Waals surface area contributed by atoms with Gasteiger partial charge in [0.2, 0.25) is 0 Å². The van der Waals surface area contributed by atoms with E-state index in [0.29, 0.717) is 42.8 Å². The van der Waals surface area contributed by atoms with Crippen LogP contribution < -0.4 is 4.90 Å². The molecule has 156 valence electrons. The van der Waals surface area contributed by atoms with E-state index in [1.807, 2.05) is 34.1 Å². The molecule has 2 saturated heterocycles. The van der Waals surface area contributed by atoms with Gasteiger partial charge in [-0.05, 0) is 36.4 Å². The Morgan fingerprint density at radius 2 is 1.77 bits per heavy atom. The molecule has 3 heterocycles. The van der Waals surface area contributed by atoms with E-state index in [0.717, 1.165) is 24.2 Å². The van der Waals surface area contributed by atoms with Gasteiger partial charge in [-0.1, -0.05) is 23.7 Å². The maximum absolute atomic E-state index is 12.7. The molecule has 1 amide bonds. The van der Waals surface area contributed by atoms with Crippen molar-refractivity contribution in [3.05, 3.63) is 59.1 Å².